The molecule has 1 rings (SSSR count). The number of hydrogen-bond acceptors (Lipinski definition) is 4. The van der Waals surface area contributed by atoms with Gasteiger partial charge in [0.2, 0.25) is 0 Å². The van der Waals surface area contributed by atoms with Crippen LogP contribution in [0.5, 0.6) is 0 Å². The van der Waals surface area contributed by atoms with Gasteiger partial charge in [0.05, 0.1) is 7.11 Å². The number of nitrogens with one attached hydrogen (secondary N) is 2. The summed E-state index contributed by atoms with van der Waals surface area (Å²) in [5, 5.41) is 6.56. The van der Waals surface area contributed by atoms with Crippen LogP contribution in [0.15, 0.2) is 4.99 Å². The quantitative estimate of drug-likeness (QED) is 0.584. The molecule has 0 aromatic carbocycles. The second kappa shape index (κ2) is 9.10. The predicted molar refractivity (Wildman–Crippen MR) is 94.3 cm³/mol. The average molecular weight is 346 g/mol. The van der Waals surface area contributed by atoms with Gasteiger partial charge in [-0.25, -0.2) is 4.79 Å². The molecular formula is C15H30N4O3S. The van der Waals surface area contributed by atoms with Crippen LogP contribution < -0.4 is 10.6 Å². The molecule has 0 aliphatic carbocycles. The van der Waals surface area contributed by atoms with E-state index in [4.69, 9.17) is 4.74 Å². The highest BCUT2D eigenvalue weighted by atomic mass is 32.2. The van der Waals surface area contributed by atoms with E-state index in [1.807, 2.05) is 20.8 Å². The Morgan fingerprint density at radius 1 is 1.35 bits per heavy atom. The number of piperidine rings is 1. The zero-order valence-electron chi connectivity index (χ0n) is 14.8. The monoisotopic (exact) mass is 346 g/mol. The van der Waals surface area contributed by atoms with Gasteiger partial charge in [0.15, 0.2) is 5.96 Å². The smallest absolute Gasteiger partial charge is 0.409 e. The fourth-order valence-electron chi connectivity index (χ4n) is 2.29. The van der Waals surface area contributed by atoms with Crippen molar-refractivity contribution in [2.45, 2.75) is 44.4 Å². The lowest BCUT2D eigenvalue weighted by Gasteiger charge is -2.32. The van der Waals surface area contributed by atoms with Crippen LogP contribution >= 0.6 is 0 Å². The van der Waals surface area contributed by atoms with Crippen LogP contribution in [0, 0.1) is 0 Å². The zero-order valence-corrected chi connectivity index (χ0v) is 15.7. The van der Waals surface area contributed by atoms with Crippen molar-refractivity contribution in [2.75, 3.05) is 39.5 Å². The number of amides is 1. The molecule has 0 radical (unpaired) electrons. The van der Waals surface area contributed by atoms with Gasteiger partial charge in [0.25, 0.3) is 0 Å². The van der Waals surface area contributed by atoms with Crippen LogP contribution in [0.25, 0.3) is 0 Å². The number of likely N-dealkylation sites (tertiary alicyclic amines) is 1. The summed E-state index contributed by atoms with van der Waals surface area (Å²) in [6, 6.07) is 0.273. The molecule has 23 heavy (non-hydrogen) atoms. The summed E-state index contributed by atoms with van der Waals surface area (Å²) in [6.45, 7) is 7.90. The molecule has 1 amide bonds. The minimum Gasteiger partial charge on any atom is -0.453 e. The molecule has 0 aromatic rings. The maximum absolute atomic E-state index is 12.0. The first-order chi connectivity index (χ1) is 10.8. The van der Waals surface area contributed by atoms with Gasteiger partial charge in [0, 0.05) is 54.0 Å². The molecule has 2 N–H and O–H groups in total. The molecule has 1 saturated heterocycles. The Morgan fingerprint density at radius 3 is 2.43 bits per heavy atom. The lowest BCUT2D eigenvalue weighted by atomic mass is 10.1. The highest BCUT2D eigenvalue weighted by Gasteiger charge is 2.24. The Balaban J connectivity index is 2.33. The Bertz CT molecular complexity index is 440. The Labute approximate surface area is 141 Å². The fraction of sp³-hybridized carbons (Fsp3) is 0.867. The summed E-state index contributed by atoms with van der Waals surface area (Å²) in [4.78, 5) is 17.4. The number of methoxy groups -OCH3 is 1. The van der Waals surface area contributed by atoms with Gasteiger partial charge in [-0.2, -0.15) is 0 Å². The van der Waals surface area contributed by atoms with Crippen LogP contribution in [0.3, 0.4) is 0 Å². The number of carbonyl (C=O) groups excluding carboxylic acids is 1. The predicted octanol–water partition coefficient (Wildman–Crippen LogP) is 0.929. The molecule has 1 aliphatic heterocycles. The van der Waals surface area contributed by atoms with Gasteiger partial charge in [0.1, 0.15) is 0 Å². The Kier molecular flexibility index (Phi) is 7.81. The van der Waals surface area contributed by atoms with Gasteiger partial charge in [-0.1, -0.05) is 0 Å². The number of rotatable bonds is 4. The molecular weight excluding hydrogens is 316 g/mol. The molecule has 0 spiro atoms. The first-order valence-corrected chi connectivity index (χ1v) is 9.28. The lowest BCUT2D eigenvalue weighted by molar-refractivity contribution is 0.111. The van der Waals surface area contributed by atoms with Gasteiger partial charge < -0.3 is 20.3 Å². The van der Waals surface area contributed by atoms with Crippen molar-refractivity contribution >= 4 is 22.9 Å². The van der Waals surface area contributed by atoms with Crippen molar-refractivity contribution in [3.8, 4) is 0 Å². The van der Waals surface area contributed by atoms with E-state index >= 15 is 0 Å². The molecule has 0 bridgehead atoms. The molecule has 1 atom stereocenters. The minimum atomic E-state index is -0.877. The molecule has 7 nitrogen and oxygen atoms in total. The highest BCUT2D eigenvalue weighted by molar-refractivity contribution is 7.86. The number of aliphatic imine (C=N–C) groups is 1. The van der Waals surface area contributed by atoms with Crippen molar-refractivity contribution in [1.29, 1.82) is 0 Å². The van der Waals surface area contributed by atoms with Gasteiger partial charge >= 0.3 is 6.09 Å². The fourth-order valence-corrected chi connectivity index (χ4v) is 3.19. The molecule has 1 unspecified atom stereocenters. The third kappa shape index (κ3) is 6.76. The molecule has 1 heterocycles. The van der Waals surface area contributed by atoms with E-state index in [0.29, 0.717) is 31.3 Å². The van der Waals surface area contributed by atoms with Crippen LogP contribution in [0.4, 0.5) is 4.79 Å². The topological polar surface area (TPSA) is 83.0 Å². The summed E-state index contributed by atoms with van der Waals surface area (Å²) < 4.78 is 16.6. The zero-order chi connectivity index (χ0) is 17.5. The van der Waals surface area contributed by atoms with E-state index < -0.39 is 10.8 Å². The van der Waals surface area contributed by atoms with Gasteiger partial charge in [-0.3, -0.25) is 9.20 Å². The van der Waals surface area contributed by atoms with E-state index in [9.17, 15) is 9.00 Å². The van der Waals surface area contributed by atoms with Crippen molar-refractivity contribution < 1.29 is 13.7 Å². The number of carbonyl (C=O) groups is 1. The molecule has 0 saturated carbocycles. The van der Waals surface area contributed by atoms with E-state index in [2.05, 4.69) is 15.6 Å². The first kappa shape index (κ1) is 19.7. The number of hydrogen-bond donors (Lipinski definition) is 2. The number of guanidine groups is 1. The summed E-state index contributed by atoms with van der Waals surface area (Å²) in [6.07, 6.45) is 1.43. The van der Waals surface area contributed by atoms with Crippen molar-refractivity contribution in [3.63, 3.8) is 0 Å². The van der Waals surface area contributed by atoms with Crippen LogP contribution in [0.1, 0.15) is 33.6 Å². The Hall–Kier alpha value is -1.31. The second-order valence-electron chi connectivity index (χ2n) is 6.54. The summed E-state index contributed by atoms with van der Waals surface area (Å²) in [7, 11) is 2.25. The molecule has 1 fully saturated rings. The largest absolute Gasteiger partial charge is 0.453 e. The number of nitrogens with zero attached hydrogens (tertiary/aromatic N) is 2. The maximum Gasteiger partial charge on any atom is 0.409 e. The Morgan fingerprint density at radius 2 is 1.96 bits per heavy atom. The summed E-state index contributed by atoms with van der Waals surface area (Å²) in [5.41, 5.74) is 0. The van der Waals surface area contributed by atoms with E-state index in [1.54, 1.807) is 11.9 Å². The normalized spacial score (nSPS) is 18.5. The SMILES string of the molecule is CN=C(NCCS(=O)C(C)(C)C)NC1CCN(C(=O)OC)CC1. The second-order valence-corrected chi connectivity index (χ2v) is 8.86. The third-order valence-corrected chi connectivity index (χ3v) is 5.70. The molecule has 134 valence electrons. The highest BCUT2D eigenvalue weighted by Crippen LogP contribution is 2.12. The van der Waals surface area contributed by atoms with Gasteiger partial charge in [-0.05, 0) is 33.6 Å². The average Bonchev–Trinajstić information content (AvgIpc) is 2.52. The number of ether oxygens (including phenoxy) is 1. The lowest BCUT2D eigenvalue weighted by Crippen LogP contribution is -2.50. The van der Waals surface area contributed by atoms with Crippen molar-refractivity contribution in [1.82, 2.24) is 15.5 Å². The molecule has 0 aromatic heterocycles. The third-order valence-electron chi connectivity index (χ3n) is 3.76. The van der Waals surface area contributed by atoms with E-state index in [0.717, 1.165) is 12.8 Å². The van der Waals surface area contributed by atoms with Crippen molar-refractivity contribution in [2.24, 2.45) is 4.99 Å². The minimum absolute atomic E-state index is 0.195. The van der Waals surface area contributed by atoms with E-state index in [1.165, 1.54) is 7.11 Å². The maximum atomic E-state index is 12.0. The molecule has 1 aliphatic rings. The van der Waals surface area contributed by atoms with Crippen LogP contribution in [0.2, 0.25) is 0 Å². The van der Waals surface area contributed by atoms with Crippen LogP contribution in [-0.2, 0) is 15.5 Å². The van der Waals surface area contributed by atoms with Crippen molar-refractivity contribution in [3.05, 3.63) is 0 Å². The standard InChI is InChI=1S/C15H30N4O3S/c1-15(2,3)23(21)11-8-17-13(16-4)18-12-6-9-19(10-7-12)14(20)22-5/h12H,6-11H2,1-5H3,(H2,16,17,18). The van der Waals surface area contributed by atoms with E-state index in [-0.39, 0.29) is 16.9 Å². The van der Waals surface area contributed by atoms with Gasteiger partial charge in [-0.15, -0.1) is 0 Å². The summed E-state index contributed by atoms with van der Waals surface area (Å²) >= 11 is 0. The summed E-state index contributed by atoms with van der Waals surface area (Å²) in [5.74, 6) is 1.30. The van der Waals surface area contributed by atoms with Crippen LogP contribution in [-0.4, -0.2) is 71.5 Å². The first-order valence-electron chi connectivity index (χ1n) is 7.96. The molecule has 8 heteroatoms.